The van der Waals surface area contributed by atoms with Crippen LogP contribution in [0.25, 0.3) is 0 Å². The average molecular weight is 226 g/mol. The summed E-state index contributed by atoms with van der Waals surface area (Å²) in [7, 11) is -1.47. The lowest BCUT2D eigenvalue weighted by Gasteiger charge is -2.35. The van der Waals surface area contributed by atoms with Gasteiger partial charge in [0.05, 0.1) is 12.1 Å². The van der Waals surface area contributed by atoms with Gasteiger partial charge in [0, 0.05) is 12.1 Å². The van der Waals surface area contributed by atoms with E-state index < -0.39 is 8.32 Å². The van der Waals surface area contributed by atoms with Crippen molar-refractivity contribution in [2.75, 3.05) is 0 Å². The number of fused-ring (bicyclic) bond motifs is 1. The fourth-order valence-corrected chi connectivity index (χ4v) is 3.94. The standard InChI is InChI=1S/C11H22N2OSi/c1-11(2)6-8-7-12-13-9(8)10(11)14-15(3,4)5/h7-10,13H,6H2,1-5H3/t8-,9+,10?/m1/s1. The van der Waals surface area contributed by atoms with Crippen molar-refractivity contribution in [3.8, 4) is 0 Å². The minimum atomic E-state index is -1.47. The van der Waals surface area contributed by atoms with Crippen molar-refractivity contribution >= 4 is 14.5 Å². The van der Waals surface area contributed by atoms with Crippen molar-refractivity contribution in [1.82, 2.24) is 5.43 Å². The molecule has 0 amide bonds. The summed E-state index contributed by atoms with van der Waals surface area (Å²) < 4.78 is 6.32. The number of hydrogen-bond acceptors (Lipinski definition) is 3. The minimum Gasteiger partial charge on any atom is -0.412 e. The first kappa shape index (κ1) is 11.1. The molecule has 15 heavy (non-hydrogen) atoms. The minimum absolute atomic E-state index is 0.273. The summed E-state index contributed by atoms with van der Waals surface area (Å²) in [6.45, 7) is 11.4. The fourth-order valence-electron chi connectivity index (χ4n) is 2.71. The van der Waals surface area contributed by atoms with Gasteiger partial charge in [-0.1, -0.05) is 13.8 Å². The van der Waals surface area contributed by atoms with Crippen molar-refractivity contribution in [2.24, 2.45) is 16.4 Å². The molecule has 0 radical (unpaired) electrons. The van der Waals surface area contributed by atoms with Gasteiger partial charge in [0.15, 0.2) is 8.32 Å². The van der Waals surface area contributed by atoms with Gasteiger partial charge in [-0.25, -0.2) is 0 Å². The first-order chi connectivity index (χ1) is 6.80. The molecule has 2 rings (SSSR count). The lowest BCUT2D eigenvalue weighted by Crippen LogP contribution is -2.46. The molecule has 3 nitrogen and oxygen atoms in total. The third kappa shape index (κ3) is 2.11. The van der Waals surface area contributed by atoms with E-state index in [9.17, 15) is 0 Å². The molecule has 1 aliphatic heterocycles. The zero-order valence-corrected chi connectivity index (χ0v) is 11.4. The van der Waals surface area contributed by atoms with Gasteiger partial charge in [-0.15, -0.1) is 0 Å². The molecule has 4 heteroatoms. The number of hydrogen-bond donors (Lipinski definition) is 1. The quantitative estimate of drug-likeness (QED) is 0.732. The molecule has 0 aromatic rings. The molecule has 0 bridgehead atoms. The van der Waals surface area contributed by atoms with Crippen LogP contribution in [0, 0.1) is 11.3 Å². The molecular weight excluding hydrogens is 204 g/mol. The SMILES string of the molecule is CC1(C)C[C@@H]2C=NN[C@@H]2C1O[Si](C)(C)C. The van der Waals surface area contributed by atoms with E-state index in [1.807, 2.05) is 0 Å². The largest absolute Gasteiger partial charge is 0.412 e. The first-order valence-electron chi connectivity index (χ1n) is 5.76. The van der Waals surface area contributed by atoms with E-state index in [4.69, 9.17) is 4.43 Å². The summed E-state index contributed by atoms with van der Waals surface area (Å²) in [4.78, 5) is 0. The normalized spacial score (nSPS) is 37.8. The Morgan fingerprint density at radius 2 is 2.07 bits per heavy atom. The average Bonchev–Trinajstić information content (AvgIpc) is 2.52. The molecule has 3 atom stereocenters. The third-order valence-corrected chi connectivity index (χ3v) is 4.25. The number of hydrazone groups is 1. The molecule has 0 aromatic carbocycles. The second-order valence-electron chi connectivity index (χ2n) is 6.44. The molecule has 1 heterocycles. The fraction of sp³-hybridized carbons (Fsp3) is 0.909. The molecule has 0 aromatic heterocycles. The highest BCUT2D eigenvalue weighted by atomic mass is 28.4. The number of rotatable bonds is 2. The summed E-state index contributed by atoms with van der Waals surface area (Å²) in [5, 5.41) is 4.17. The molecule has 1 saturated carbocycles. The van der Waals surface area contributed by atoms with E-state index in [2.05, 4.69) is 50.2 Å². The van der Waals surface area contributed by atoms with Gasteiger partial charge in [-0.3, -0.25) is 0 Å². The summed E-state index contributed by atoms with van der Waals surface area (Å²) >= 11 is 0. The molecule has 86 valence electrons. The number of nitrogens with zero attached hydrogens (tertiary/aromatic N) is 1. The van der Waals surface area contributed by atoms with Crippen LogP contribution in [-0.4, -0.2) is 26.7 Å². The predicted octanol–water partition coefficient (Wildman–Crippen LogP) is 2.21. The van der Waals surface area contributed by atoms with E-state index in [1.54, 1.807) is 0 Å². The van der Waals surface area contributed by atoms with E-state index in [-0.39, 0.29) is 5.41 Å². The lowest BCUT2D eigenvalue weighted by molar-refractivity contribution is 0.0764. The zero-order valence-electron chi connectivity index (χ0n) is 10.4. The summed E-state index contributed by atoms with van der Waals surface area (Å²) in [5.74, 6) is 0.571. The molecule has 1 aliphatic carbocycles. The molecule has 1 N–H and O–H groups in total. The molecule has 1 unspecified atom stereocenters. The van der Waals surface area contributed by atoms with Crippen LogP contribution in [0.15, 0.2) is 5.10 Å². The van der Waals surface area contributed by atoms with E-state index in [0.29, 0.717) is 18.1 Å². The Bertz CT molecular complexity index is 283. The van der Waals surface area contributed by atoms with Crippen molar-refractivity contribution in [2.45, 2.75) is 52.1 Å². The van der Waals surface area contributed by atoms with Gasteiger partial charge in [-0.05, 0) is 31.5 Å². The smallest absolute Gasteiger partial charge is 0.184 e. The molecular formula is C11H22N2OSi. The molecule has 0 saturated heterocycles. The monoisotopic (exact) mass is 226 g/mol. The second-order valence-corrected chi connectivity index (χ2v) is 10.9. The highest BCUT2D eigenvalue weighted by Gasteiger charge is 2.51. The Morgan fingerprint density at radius 3 is 2.67 bits per heavy atom. The molecule has 1 fully saturated rings. The maximum absolute atomic E-state index is 6.32. The van der Waals surface area contributed by atoms with Crippen LogP contribution in [0.3, 0.4) is 0 Å². The van der Waals surface area contributed by atoms with Crippen molar-refractivity contribution in [1.29, 1.82) is 0 Å². The van der Waals surface area contributed by atoms with Crippen LogP contribution >= 0.6 is 0 Å². The molecule has 0 spiro atoms. The van der Waals surface area contributed by atoms with Gasteiger partial charge in [0.25, 0.3) is 0 Å². The topological polar surface area (TPSA) is 33.6 Å². The first-order valence-corrected chi connectivity index (χ1v) is 9.17. The Morgan fingerprint density at radius 1 is 1.40 bits per heavy atom. The van der Waals surface area contributed by atoms with Crippen molar-refractivity contribution in [3.05, 3.63) is 0 Å². The van der Waals surface area contributed by atoms with E-state index in [0.717, 1.165) is 0 Å². The van der Waals surface area contributed by atoms with Gasteiger partial charge < -0.3 is 9.85 Å². The molecule has 2 aliphatic rings. The zero-order chi connectivity index (χ0) is 11.3. The van der Waals surface area contributed by atoms with Gasteiger partial charge in [0.1, 0.15) is 0 Å². The van der Waals surface area contributed by atoms with Gasteiger partial charge in [0.2, 0.25) is 0 Å². The Hall–Kier alpha value is -0.353. The van der Waals surface area contributed by atoms with Gasteiger partial charge >= 0.3 is 0 Å². The Kier molecular flexibility index (Phi) is 2.46. The summed E-state index contributed by atoms with van der Waals surface area (Å²) in [5.41, 5.74) is 3.49. The van der Waals surface area contributed by atoms with Crippen LogP contribution in [-0.2, 0) is 4.43 Å². The van der Waals surface area contributed by atoms with Crippen molar-refractivity contribution < 1.29 is 4.43 Å². The van der Waals surface area contributed by atoms with Crippen LogP contribution < -0.4 is 5.43 Å². The van der Waals surface area contributed by atoms with Crippen molar-refractivity contribution in [3.63, 3.8) is 0 Å². The van der Waals surface area contributed by atoms with Gasteiger partial charge in [-0.2, -0.15) is 5.10 Å². The number of nitrogens with one attached hydrogen (secondary N) is 1. The van der Waals surface area contributed by atoms with Crippen LogP contribution in [0.1, 0.15) is 20.3 Å². The summed E-state index contributed by atoms with van der Waals surface area (Å²) in [6, 6.07) is 0.409. The maximum Gasteiger partial charge on any atom is 0.184 e. The highest BCUT2D eigenvalue weighted by molar-refractivity contribution is 6.69. The lowest BCUT2D eigenvalue weighted by atomic mass is 9.88. The van der Waals surface area contributed by atoms with Crippen LogP contribution in [0.4, 0.5) is 0 Å². The third-order valence-electron chi connectivity index (χ3n) is 3.29. The Labute approximate surface area is 93.4 Å². The van der Waals surface area contributed by atoms with E-state index >= 15 is 0 Å². The summed E-state index contributed by atoms with van der Waals surface area (Å²) in [6.07, 6.45) is 3.56. The highest BCUT2D eigenvalue weighted by Crippen LogP contribution is 2.44. The van der Waals surface area contributed by atoms with Crippen LogP contribution in [0.5, 0.6) is 0 Å². The maximum atomic E-state index is 6.32. The predicted molar refractivity (Wildman–Crippen MR) is 65.5 cm³/mol. The second kappa shape index (κ2) is 3.32. The van der Waals surface area contributed by atoms with Crippen LogP contribution in [0.2, 0.25) is 19.6 Å². The Balaban J connectivity index is 2.15. The van der Waals surface area contributed by atoms with E-state index in [1.165, 1.54) is 6.42 Å².